The van der Waals surface area contributed by atoms with Crippen molar-refractivity contribution in [2.45, 2.75) is 0 Å². The van der Waals surface area contributed by atoms with E-state index >= 15 is 0 Å². The number of ether oxygens (including phenoxy) is 1. The summed E-state index contributed by atoms with van der Waals surface area (Å²) < 4.78 is 10.3. The number of piperazine rings is 1. The summed E-state index contributed by atoms with van der Waals surface area (Å²) in [6.45, 7) is 2.96. The lowest BCUT2D eigenvalue weighted by Crippen LogP contribution is -2.50. The number of para-hydroxylation sites is 1. The number of esters is 1. The highest BCUT2D eigenvalue weighted by molar-refractivity contribution is 6.01. The highest BCUT2D eigenvalue weighted by atomic mass is 16.5. The third-order valence-electron chi connectivity index (χ3n) is 4.05. The van der Waals surface area contributed by atoms with Gasteiger partial charge in [-0.15, -0.1) is 0 Å². The first kappa shape index (κ1) is 16.4. The van der Waals surface area contributed by atoms with Crippen LogP contribution in [0, 0.1) is 0 Å². The normalized spacial score (nSPS) is 15.6. The number of rotatable bonds is 5. The van der Waals surface area contributed by atoms with E-state index in [1.165, 1.54) is 6.39 Å². The lowest BCUT2D eigenvalue weighted by Gasteiger charge is -2.34. The number of nitrogens with zero attached hydrogens (tertiary/aromatic N) is 3. The Balaban J connectivity index is 1.53. The molecule has 1 aliphatic heterocycles. The Morgan fingerprint density at radius 2 is 2.04 bits per heavy atom. The number of aliphatic hydroxyl groups excluding tert-OH is 1. The van der Waals surface area contributed by atoms with Crippen molar-refractivity contribution in [3.8, 4) is 0 Å². The van der Waals surface area contributed by atoms with E-state index in [9.17, 15) is 9.59 Å². The zero-order valence-electron chi connectivity index (χ0n) is 13.2. The fourth-order valence-electron chi connectivity index (χ4n) is 2.71. The summed E-state index contributed by atoms with van der Waals surface area (Å²) in [4.78, 5) is 32.1. The molecule has 8 heteroatoms. The molecule has 1 aromatic carbocycles. The van der Waals surface area contributed by atoms with Gasteiger partial charge in [-0.25, -0.2) is 9.78 Å². The molecule has 1 saturated heterocycles. The standard InChI is InChI=1S/C16H19N3O5/c20-9-8-18-4-6-19(7-5-18)14(21)10-23-16(22)12-2-1-3-13-15(12)17-11-24-13/h1-3,11,20H,4-10H2. The van der Waals surface area contributed by atoms with Crippen molar-refractivity contribution in [1.29, 1.82) is 0 Å². The first-order valence-corrected chi connectivity index (χ1v) is 7.79. The zero-order valence-corrected chi connectivity index (χ0v) is 13.2. The molecule has 2 aromatic rings. The van der Waals surface area contributed by atoms with Gasteiger partial charge < -0.3 is 19.2 Å². The molecule has 0 aliphatic carbocycles. The Labute approximate surface area is 138 Å². The number of carbonyl (C=O) groups is 2. The third kappa shape index (κ3) is 3.55. The van der Waals surface area contributed by atoms with Crippen LogP contribution < -0.4 is 0 Å². The van der Waals surface area contributed by atoms with Crippen molar-refractivity contribution in [1.82, 2.24) is 14.8 Å². The highest BCUT2D eigenvalue weighted by Gasteiger charge is 2.22. The second-order valence-electron chi connectivity index (χ2n) is 5.53. The Bertz CT molecular complexity index is 721. The van der Waals surface area contributed by atoms with Gasteiger partial charge in [0.1, 0.15) is 5.52 Å². The molecule has 1 N–H and O–H groups in total. The summed E-state index contributed by atoms with van der Waals surface area (Å²) in [7, 11) is 0. The predicted octanol–water partition coefficient (Wildman–Crippen LogP) is 0.121. The second kappa shape index (κ2) is 7.41. The van der Waals surface area contributed by atoms with E-state index in [-0.39, 0.29) is 24.7 Å². The lowest BCUT2D eigenvalue weighted by atomic mass is 10.2. The number of benzene rings is 1. The van der Waals surface area contributed by atoms with Crippen LogP contribution >= 0.6 is 0 Å². The average Bonchev–Trinajstić information content (AvgIpc) is 3.09. The van der Waals surface area contributed by atoms with Gasteiger partial charge in [-0.05, 0) is 12.1 Å². The quantitative estimate of drug-likeness (QED) is 0.776. The Kier molecular flexibility index (Phi) is 5.07. The molecule has 1 aromatic heterocycles. The van der Waals surface area contributed by atoms with Gasteiger partial charge in [0, 0.05) is 32.7 Å². The van der Waals surface area contributed by atoms with Crippen LogP contribution in [0.4, 0.5) is 0 Å². The van der Waals surface area contributed by atoms with Crippen LogP contribution in [0.3, 0.4) is 0 Å². The second-order valence-corrected chi connectivity index (χ2v) is 5.53. The number of β-amino-alcohol motifs (C(OH)–C–C–N with tert-alkyl or cyclic N) is 1. The summed E-state index contributed by atoms with van der Waals surface area (Å²) in [5, 5.41) is 8.92. The van der Waals surface area contributed by atoms with Crippen molar-refractivity contribution in [3.05, 3.63) is 30.2 Å². The van der Waals surface area contributed by atoms with E-state index in [1.807, 2.05) is 0 Å². The van der Waals surface area contributed by atoms with Gasteiger partial charge in [-0.2, -0.15) is 0 Å². The minimum atomic E-state index is -0.596. The van der Waals surface area contributed by atoms with E-state index < -0.39 is 5.97 Å². The molecule has 0 atom stereocenters. The molecular formula is C16H19N3O5. The predicted molar refractivity (Wildman–Crippen MR) is 84.4 cm³/mol. The summed E-state index contributed by atoms with van der Waals surface area (Å²) in [5.74, 6) is -0.818. The van der Waals surface area contributed by atoms with Gasteiger partial charge in [0.15, 0.2) is 18.6 Å². The summed E-state index contributed by atoms with van der Waals surface area (Å²) in [6.07, 6.45) is 1.26. The molecule has 8 nitrogen and oxygen atoms in total. The molecule has 0 saturated carbocycles. The van der Waals surface area contributed by atoms with Crippen LogP contribution in [0.5, 0.6) is 0 Å². The van der Waals surface area contributed by atoms with Gasteiger partial charge in [0.2, 0.25) is 0 Å². The largest absolute Gasteiger partial charge is 0.452 e. The van der Waals surface area contributed by atoms with Crippen molar-refractivity contribution < 1.29 is 23.8 Å². The van der Waals surface area contributed by atoms with E-state index in [2.05, 4.69) is 9.88 Å². The minimum absolute atomic E-state index is 0.110. The van der Waals surface area contributed by atoms with Crippen LogP contribution in [-0.2, 0) is 9.53 Å². The number of aliphatic hydroxyl groups is 1. The number of aromatic nitrogens is 1. The maximum absolute atomic E-state index is 12.2. The monoisotopic (exact) mass is 333 g/mol. The molecule has 0 spiro atoms. The summed E-state index contributed by atoms with van der Waals surface area (Å²) in [6, 6.07) is 4.97. The molecule has 128 valence electrons. The molecule has 0 radical (unpaired) electrons. The zero-order chi connectivity index (χ0) is 16.9. The maximum Gasteiger partial charge on any atom is 0.340 e. The van der Waals surface area contributed by atoms with Crippen molar-refractivity contribution >= 4 is 23.0 Å². The molecule has 1 aliphatic rings. The van der Waals surface area contributed by atoms with Crippen LogP contribution in [0.15, 0.2) is 29.0 Å². The van der Waals surface area contributed by atoms with Crippen LogP contribution in [0.1, 0.15) is 10.4 Å². The molecule has 0 bridgehead atoms. The SMILES string of the molecule is O=C(OCC(=O)N1CCN(CCO)CC1)c1cccc2ocnc12. The van der Waals surface area contributed by atoms with E-state index in [0.29, 0.717) is 43.8 Å². The Hall–Kier alpha value is -2.45. The molecule has 24 heavy (non-hydrogen) atoms. The number of carbonyl (C=O) groups excluding carboxylic acids is 2. The van der Waals surface area contributed by atoms with E-state index in [1.54, 1.807) is 23.1 Å². The molecule has 2 heterocycles. The first-order chi connectivity index (χ1) is 11.7. The fraction of sp³-hybridized carbons (Fsp3) is 0.438. The van der Waals surface area contributed by atoms with E-state index in [4.69, 9.17) is 14.3 Å². The molecule has 1 amide bonds. The third-order valence-corrected chi connectivity index (χ3v) is 4.05. The maximum atomic E-state index is 12.2. The van der Waals surface area contributed by atoms with Gasteiger partial charge in [0.05, 0.1) is 12.2 Å². The highest BCUT2D eigenvalue weighted by Crippen LogP contribution is 2.17. The fourth-order valence-corrected chi connectivity index (χ4v) is 2.71. The number of hydrogen-bond acceptors (Lipinski definition) is 7. The van der Waals surface area contributed by atoms with Crippen LogP contribution in [0.25, 0.3) is 11.1 Å². The summed E-state index contributed by atoms with van der Waals surface area (Å²) in [5.41, 5.74) is 1.20. The number of oxazole rings is 1. The molecule has 3 rings (SSSR count). The van der Waals surface area contributed by atoms with Crippen molar-refractivity contribution in [2.24, 2.45) is 0 Å². The number of amides is 1. The average molecular weight is 333 g/mol. The van der Waals surface area contributed by atoms with Gasteiger partial charge in [0.25, 0.3) is 5.91 Å². The van der Waals surface area contributed by atoms with Gasteiger partial charge in [-0.1, -0.05) is 6.07 Å². The molecule has 0 unspecified atom stereocenters. The Morgan fingerprint density at radius 1 is 1.25 bits per heavy atom. The van der Waals surface area contributed by atoms with Crippen LogP contribution in [-0.4, -0.2) is 77.7 Å². The smallest absolute Gasteiger partial charge is 0.340 e. The molecule has 1 fully saturated rings. The van der Waals surface area contributed by atoms with Crippen molar-refractivity contribution in [3.63, 3.8) is 0 Å². The first-order valence-electron chi connectivity index (χ1n) is 7.79. The van der Waals surface area contributed by atoms with Gasteiger partial charge in [-0.3, -0.25) is 9.69 Å². The van der Waals surface area contributed by atoms with Gasteiger partial charge >= 0.3 is 5.97 Å². The number of hydrogen-bond donors (Lipinski definition) is 1. The van der Waals surface area contributed by atoms with Crippen LogP contribution in [0.2, 0.25) is 0 Å². The lowest BCUT2D eigenvalue weighted by molar-refractivity contribution is -0.136. The topological polar surface area (TPSA) is 96.1 Å². The van der Waals surface area contributed by atoms with Crippen molar-refractivity contribution in [2.75, 3.05) is 45.9 Å². The minimum Gasteiger partial charge on any atom is -0.452 e. The summed E-state index contributed by atoms with van der Waals surface area (Å²) >= 11 is 0. The Morgan fingerprint density at radius 3 is 2.79 bits per heavy atom. The van der Waals surface area contributed by atoms with E-state index in [0.717, 1.165) is 0 Å². The number of fused-ring (bicyclic) bond motifs is 1. The molecular weight excluding hydrogens is 314 g/mol.